The number of rotatable bonds is 16. The fourth-order valence-corrected chi connectivity index (χ4v) is 8.10. The summed E-state index contributed by atoms with van der Waals surface area (Å²) in [6.07, 6.45) is 3.90. The van der Waals surface area contributed by atoms with Gasteiger partial charge in [0.1, 0.15) is 23.7 Å². The van der Waals surface area contributed by atoms with Crippen LogP contribution in [0.25, 0.3) is 0 Å². The molecule has 12 heteroatoms. The number of likely N-dealkylation sites (N-methyl/N-ethyl adjacent to an activating group) is 1. The van der Waals surface area contributed by atoms with Crippen molar-refractivity contribution in [3.8, 4) is 0 Å². The highest BCUT2D eigenvalue weighted by Crippen LogP contribution is 2.41. The number of amides is 4. The van der Waals surface area contributed by atoms with Crippen LogP contribution in [0.3, 0.4) is 0 Å². The number of carboxylic acid groups (broad SMARTS) is 1. The Hall–Kier alpha value is -6.56. The molecule has 1 aliphatic rings. The van der Waals surface area contributed by atoms with E-state index < -0.39 is 47.4 Å². The Morgan fingerprint density at radius 1 is 0.828 bits per heavy atom. The standard InChI is InChI=1S/C46H50N6O6/c1-31(2)42(44(56)52-28-33-16-14-13-15-32(33)27-39(52)43(55)49-38(45(57)58)24-25-40(47)53)50(3)41(54)26-23-37-29-51(30-48-37)46(34-17-7-4-8-18-34,35-19-9-5-10-20-35)36-21-11-6-12-22-36/h4-22,29-31,38-39,42H,23-28H2,1-3H3,(H2,47,53)(H,49,55)(H,57,58)/t38-,39?,42+/m1/s1. The molecule has 5 aromatic rings. The van der Waals surface area contributed by atoms with Crippen molar-refractivity contribution in [2.45, 2.75) is 76.2 Å². The first kappa shape index (κ1) is 41.1. The van der Waals surface area contributed by atoms with Crippen LogP contribution >= 0.6 is 0 Å². The fraction of sp³-hybridized carbons (Fsp3) is 0.304. The SMILES string of the molecule is CC(C)[C@@H](C(=O)N1Cc2ccccc2CC1C(=O)N[C@H](CCC(N)=O)C(=O)O)N(C)C(=O)CCc1cn(C(c2ccccc2)(c2ccccc2)c2ccccc2)cn1. The Morgan fingerprint density at radius 2 is 1.36 bits per heavy atom. The molecule has 4 aromatic carbocycles. The molecule has 4 N–H and O–H groups in total. The van der Waals surface area contributed by atoms with Crippen LogP contribution < -0.4 is 11.1 Å². The van der Waals surface area contributed by atoms with Gasteiger partial charge in [0.05, 0.1) is 12.0 Å². The number of aryl methyl sites for hydroxylation is 1. The van der Waals surface area contributed by atoms with Crippen LogP contribution in [0.4, 0.5) is 0 Å². The number of hydrogen-bond acceptors (Lipinski definition) is 6. The molecule has 0 aliphatic carbocycles. The maximum absolute atomic E-state index is 14.6. The van der Waals surface area contributed by atoms with Gasteiger partial charge in [-0.3, -0.25) is 19.2 Å². The Labute approximate surface area is 338 Å². The summed E-state index contributed by atoms with van der Waals surface area (Å²) in [6, 6.07) is 34.8. The summed E-state index contributed by atoms with van der Waals surface area (Å²) in [6.45, 7) is 3.80. The summed E-state index contributed by atoms with van der Waals surface area (Å²) in [5, 5.41) is 12.3. The van der Waals surface area contributed by atoms with Gasteiger partial charge in [-0.15, -0.1) is 0 Å². The van der Waals surface area contributed by atoms with Crippen LogP contribution in [-0.2, 0) is 48.9 Å². The summed E-state index contributed by atoms with van der Waals surface area (Å²) in [5.41, 5.74) is 10.0. The maximum Gasteiger partial charge on any atom is 0.326 e. The van der Waals surface area contributed by atoms with Gasteiger partial charge in [0, 0.05) is 39.1 Å². The average Bonchev–Trinajstić information content (AvgIpc) is 3.71. The van der Waals surface area contributed by atoms with Crippen molar-refractivity contribution in [2.24, 2.45) is 11.7 Å². The van der Waals surface area contributed by atoms with E-state index in [0.29, 0.717) is 12.1 Å². The molecule has 0 radical (unpaired) electrons. The molecule has 4 amide bonds. The smallest absolute Gasteiger partial charge is 0.326 e. The molecule has 0 bridgehead atoms. The molecule has 0 spiro atoms. The lowest BCUT2D eigenvalue weighted by molar-refractivity contribution is -0.152. The van der Waals surface area contributed by atoms with E-state index in [1.165, 1.54) is 9.80 Å². The van der Waals surface area contributed by atoms with E-state index in [1.54, 1.807) is 13.4 Å². The molecule has 1 aliphatic heterocycles. The van der Waals surface area contributed by atoms with Crippen LogP contribution in [0, 0.1) is 5.92 Å². The van der Waals surface area contributed by atoms with Gasteiger partial charge in [0.15, 0.2) is 0 Å². The lowest BCUT2D eigenvalue weighted by atomic mass is 9.77. The van der Waals surface area contributed by atoms with Gasteiger partial charge in [-0.1, -0.05) is 129 Å². The van der Waals surface area contributed by atoms with Crippen molar-refractivity contribution in [3.63, 3.8) is 0 Å². The lowest BCUT2D eigenvalue weighted by Gasteiger charge is -2.41. The van der Waals surface area contributed by atoms with Crippen LogP contribution in [0.1, 0.15) is 66.6 Å². The number of carboxylic acids is 1. The van der Waals surface area contributed by atoms with E-state index in [2.05, 4.69) is 46.3 Å². The third-order valence-electron chi connectivity index (χ3n) is 11.0. The summed E-state index contributed by atoms with van der Waals surface area (Å²) >= 11 is 0. The molecule has 12 nitrogen and oxygen atoms in total. The molecule has 0 fully saturated rings. The minimum atomic E-state index is -1.37. The number of benzene rings is 4. The average molecular weight is 783 g/mol. The third-order valence-corrected chi connectivity index (χ3v) is 11.0. The highest BCUT2D eigenvalue weighted by molar-refractivity contribution is 5.94. The number of carbonyl (C=O) groups excluding carboxylic acids is 4. The van der Waals surface area contributed by atoms with Gasteiger partial charge in [-0.25, -0.2) is 9.78 Å². The number of hydrogen-bond donors (Lipinski definition) is 3. The van der Waals surface area contributed by atoms with E-state index in [4.69, 9.17) is 10.7 Å². The van der Waals surface area contributed by atoms with E-state index in [0.717, 1.165) is 27.8 Å². The Kier molecular flexibility index (Phi) is 12.9. The number of nitrogens with one attached hydrogen (secondary N) is 1. The number of aliphatic carboxylic acids is 1. The quantitative estimate of drug-likeness (QED) is 0.119. The second-order valence-corrected chi connectivity index (χ2v) is 15.1. The van der Waals surface area contributed by atoms with Crippen molar-refractivity contribution < 1.29 is 29.1 Å². The van der Waals surface area contributed by atoms with Gasteiger partial charge in [-0.2, -0.15) is 0 Å². The molecule has 1 aromatic heterocycles. The molecule has 6 rings (SSSR count). The first-order valence-corrected chi connectivity index (χ1v) is 19.6. The number of imidazole rings is 1. The molecule has 3 atom stereocenters. The zero-order valence-corrected chi connectivity index (χ0v) is 33.0. The zero-order chi connectivity index (χ0) is 41.4. The fourth-order valence-electron chi connectivity index (χ4n) is 8.10. The van der Waals surface area contributed by atoms with Crippen LogP contribution in [0.2, 0.25) is 0 Å². The van der Waals surface area contributed by atoms with Crippen molar-refractivity contribution in [3.05, 3.63) is 161 Å². The van der Waals surface area contributed by atoms with Gasteiger partial charge in [0.25, 0.3) is 0 Å². The third kappa shape index (κ3) is 8.71. The number of carbonyl (C=O) groups is 5. The molecule has 0 saturated carbocycles. The van der Waals surface area contributed by atoms with Gasteiger partial charge >= 0.3 is 5.97 Å². The Bertz CT molecular complexity index is 2130. The second kappa shape index (κ2) is 18.1. The molecule has 1 unspecified atom stereocenters. The van der Waals surface area contributed by atoms with Crippen molar-refractivity contribution >= 4 is 29.6 Å². The molecule has 300 valence electrons. The minimum Gasteiger partial charge on any atom is -0.480 e. The van der Waals surface area contributed by atoms with E-state index >= 15 is 0 Å². The molecular weight excluding hydrogens is 733 g/mol. The highest BCUT2D eigenvalue weighted by atomic mass is 16.4. The van der Waals surface area contributed by atoms with Crippen LogP contribution in [0.5, 0.6) is 0 Å². The largest absolute Gasteiger partial charge is 0.480 e. The number of fused-ring (bicyclic) bond motifs is 1. The second-order valence-electron chi connectivity index (χ2n) is 15.1. The monoisotopic (exact) mass is 782 g/mol. The Morgan fingerprint density at radius 3 is 1.88 bits per heavy atom. The molecular formula is C46H50N6O6. The highest BCUT2D eigenvalue weighted by Gasteiger charge is 2.42. The van der Waals surface area contributed by atoms with E-state index in [9.17, 15) is 29.1 Å². The van der Waals surface area contributed by atoms with Crippen molar-refractivity contribution in [1.29, 1.82) is 0 Å². The summed E-state index contributed by atoms with van der Waals surface area (Å²) < 4.78 is 2.10. The normalized spacial score (nSPS) is 14.9. The summed E-state index contributed by atoms with van der Waals surface area (Å²) in [4.78, 5) is 73.5. The zero-order valence-electron chi connectivity index (χ0n) is 33.0. The van der Waals surface area contributed by atoms with Gasteiger partial charge in [-0.05, 0) is 46.6 Å². The van der Waals surface area contributed by atoms with Crippen molar-refractivity contribution in [2.75, 3.05) is 7.05 Å². The number of nitrogens with two attached hydrogens (primary N) is 1. The number of aromatic nitrogens is 2. The lowest BCUT2D eigenvalue weighted by Crippen LogP contribution is -2.60. The topological polar surface area (TPSA) is 168 Å². The molecule has 0 saturated heterocycles. The van der Waals surface area contributed by atoms with Crippen LogP contribution in [0.15, 0.2) is 128 Å². The number of nitrogens with zero attached hydrogens (tertiary/aromatic N) is 4. The summed E-state index contributed by atoms with van der Waals surface area (Å²) in [5.74, 6) is -3.68. The van der Waals surface area contributed by atoms with Crippen molar-refractivity contribution in [1.82, 2.24) is 24.7 Å². The Balaban J connectivity index is 1.24. The molecule has 2 heterocycles. The first-order chi connectivity index (χ1) is 27.9. The van der Waals surface area contributed by atoms with Gasteiger partial charge in [0.2, 0.25) is 23.6 Å². The summed E-state index contributed by atoms with van der Waals surface area (Å²) in [7, 11) is 1.60. The molecule has 58 heavy (non-hydrogen) atoms. The van der Waals surface area contributed by atoms with E-state index in [-0.39, 0.29) is 44.1 Å². The number of primary amides is 1. The van der Waals surface area contributed by atoms with Crippen LogP contribution in [-0.4, -0.2) is 79.2 Å². The minimum absolute atomic E-state index is 0.0753. The maximum atomic E-state index is 14.6. The first-order valence-electron chi connectivity index (χ1n) is 19.6. The van der Waals surface area contributed by atoms with E-state index in [1.807, 2.05) is 98.9 Å². The van der Waals surface area contributed by atoms with Gasteiger partial charge < -0.3 is 30.5 Å². The predicted octanol–water partition coefficient (Wildman–Crippen LogP) is 4.93. The predicted molar refractivity (Wildman–Crippen MR) is 219 cm³/mol.